The van der Waals surface area contributed by atoms with Gasteiger partial charge < -0.3 is 5.32 Å². The molecule has 1 atom stereocenters. The van der Waals surface area contributed by atoms with Crippen molar-refractivity contribution < 1.29 is 4.39 Å². The van der Waals surface area contributed by atoms with Crippen molar-refractivity contribution in [3.8, 4) is 0 Å². The number of hydrogen-bond acceptors (Lipinski definition) is 1. The molecule has 0 saturated heterocycles. The molecule has 1 rings (SSSR count). The fourth-order valence-corrected chi connectivity index (χ4v) is 1.37. The average Bonchev–Trinajstić information content (AvgIpc) is 1.78. The lowest BCUT2D eigenvalue weighted by Gasteiger charge is -2.31. The summed E-state index contributed by atoms with van der Waals surface area (Å²) < 4.78 is 13.3. The molecule has 1 nitrogen and oxygen atoms in total. The largest absolute Gasteiger partial charge is 0.309 e. The first-order valence-corrected chi connectivity index (χ1v) is 4.88. The van der Waals surface area contributed by atoms with Crippen LogP contribution in [0.3, 0.4) is 0 Å². The second kappa shape index (κ2) is 3.73. The van der Waals surface area contributed by atoms with E-state index in [1.165, 1.54) is 6.42 Å². The number of rotatable bonds is 3. The van der Waals surface area contributed by atoms with Crippen molar-refractivity contribution in [2.75, 3.05) is 6.54 Å². The lowest BCUT2D eigenvalue weighted by atomic mass is 9.81. The topological polar surface area (TPSA) is 12.0 Å². The summed E-state index contributed by atoms with van der Waals surface area (Å²) in [7, 11) is 0. The Labute approximate surface area is 74.7 Å². The summed E-state index contributed by atoms with van der Waals surface area (Å²) in [6.07, 6.45) is 2.78. The molecule has 1 aliphatic rings. The van der Waals surface area contributed by atoms with Crippen LogP contribution in [0.4, 0.5) is 4.39 Å². The first kappa shape index (κ1) is 9.97. The zero-order valence-electron chi connectivity index (χ0n) is 8.36. The highest BCUT2D eigenvalue weighted by atomic mass is 19.1. The molecule has 0 radical (unpaired) electrons. The van der Waals surface area contributed by atoms with Crippen LogP contribution >= 0.6 is 0 Å². The quantitative estimate of drug-likeness (QED) is 0.691. The standard InChI is InChI=1S/C10H20FN/c1-10(2,3)12-7-9(11)8-5-4-6-8/h8-9,12H,4-7H2,1-3H3. The van der Waals surface area contributed by atoms with E-state index in [-0.39, 0.29) is 5.54 Å². The van der Waals surface area contributed by atoms with Crippen molar-refractivity contribution >= 4 is 0 Å². The van der Waals surface area contributed by atoms with Crippen LogP contribution in [-0.2, 0) is 0 Å². The van der Waals surface area contributed by atoms with Crippen molar-refractivity contribution in [1.29, 1.82) is 0 Å². The van der Waals surface area contributed by atoms with E-state index in [1.807, 2.05) is 0 Å². The predicted molar refractivity (Wildman–Crippen MR) is 50.0 cm³/mol. The summed E-state index contributed by atoms with van der Waals surface area (Å²) in [4.78, 5) is 0. The highest BCUT2D eigenvalue weighted by molar-refractivity contribution is 4.81. The van der Waals surface area contributed by atoms with Gasteiger partial charge in [-0.15, -0.1) is 0 Å². The first-order chi connectivity index (χ1) is 5.49. The number of hydrogen-bond donors (Lipinski definition) is 1. The number of alkyl halides is 1. The summed E-state index contributed by atoms with van der Waals surface area (Å²) in [5, 5.41) is 3.20. The van der Waals surface area contributed by atoms with Gasteiger partial charge in [-0.3, -0.25) is 0 Å². The smallest absolute Gasteiger partial charge is 0.115 e. The molecule has 2 heteroatoms. The van der Waals surface area contributed by atoms with E-state index in [1.54, 1.807) is 0 Å². The van der Waals surface area contributed by atoms with Crippen molar-refractivity contribution in [2.45, 2.75) is 51.7 Å². The summed E-state index contributed by atoms with van der Waals surface area (Å²) >= 11 is 0. The zero-order chi connectivity index (χ0) is 9.19. The Morgan fingerprint density at radius 2 is 2.00 bits per heavy atom. The molecule has 72 valence electrons. The predicted octanol–water partition coefficient (Wildman–Crippen LogP) is 2.51. The summed E-state index contributed by atoms with van der Waals surface area (Å²) in [6.45, 7) is 6.73. The Balaban J connectivity index is 2.13. The molecular formula is C10H20FN. The van der Waals surface area contributed by atoms with Crippen LogP contribution in [0.5, 0.6) is 0 Å². The van der Waals surface area contributed by atoms with Gasteiger partial charge in [0, 0.05) is 12.1 Å². The zero-order valence-corrected chi connectivity index (χ0v) is 8.36. The molecule has 1 fully saturated rings. The minimum Gasteiger partial charge on any atom is -0.309 e. The Hall–Kier alpha value is -0.110. The Bertz CT molecular complexity index is 135. The third-order valence-corrected chi connectivity index (χ3v) is 2.49. The molecule has 0 spiro atoms. The molecule has 1 N–H and O–H groups in total. The lowest BCUT2D eigenvalue weighted by Crippen LogP contribution is -2.42. The van der Waals surface area contributed by atoms with Gasteiger partial charge in [0.1, 0.15) is 6.17 Å². The van der Waals surface area contributed by atoms with Crippen molar-refractivity contribution in [3.63, 3.8) is 0 Å². The van der Waals surface area contributed by atoms with Crippen molar-refractivity contribution in [2.24, 2.45) is 5.92 Å². The van der Waals surface area contributed by atoms with Crippen molar-refractivity contribution in [3.05, 3.63) is 0 Å². The van der Waals surface area contributed by atoms with Crippen LogP contribution < -0.4 is 5.32 Å². The monoisotopic (exact) mass is 173 g/mol. The van der Waals surface area contributed by atoms with Gasteiger partial charge in [-0.1, -0.05) is 6.42 Å². The van der Waals surface area contributed by atoms with E-state index in [0.717, 1.165) is 12.8 Å². The molecule has 0 aromatic heterocycles. The van der Waals surface area contributed by atoms with Gasteiger partial charge >= 0.3 is 0 Å². The molecule has 0 heterocycles. The fraction of sp³-hybridized carbons (Fsp3) is 1.00. The summed E-state index contributed by atoms with van der Waals surface area (Å²) in [5.74, 6) is 0.347. The number of nitrogens with one attached hydrogen (secondary N) is 1. The highest BCUT2D eigenvalue weighted by Gasteiger charge is 2.27. The van der Waals surface area contributed by atoms with Gasteiger partial charge in [0.15, 0.2) is 0 Å². The van der Waals surface area contributed by atoms with E-state index in [4.69, 9.17) is 0 Å². The van der Waals surface area contributed by atoms with E-state index in [0.29, 0.717) is 12.5 Å². The van der Waals surface area contributed by atoms with Gasteiger partial charge in [-0.2, -0.15) is 0 Å². The maximum atomic E-state index is 13.3. The maximum absolute atomic E-state index is 13.3. The molecule has 1 unspecified atom stereocenters. The van der Waals surface area contributed by atoms with Crippen LogP contribution in [0.25, 0.3) is 0 Å². The van der Waals surface area contributed by atoms with Crippen LogP contribution in [0.15, 0.2) is 0 Å². The molecule has 1 saturated carbocycles. The van der Waals surface area contributed by atoms with Crippen LogP contribution in [0.2, 0.25) is 0 Å². The number of halogens is 1. The molecule has 0 bridgehead atoms. The summed E-state index contributed by atoms with van der Waals surface area (Å²) in [5.41, 5.74) is 0.0497. The molecule has 0 aromatic carbocycles. The van der Waals surface area contributed by atoms with E-state index < -0.39 is 6.17 Å². The lowest BCUT2D eigenvalue weighted by molar-refractivity contribution is 0.138. The Morgan fingerprint density at radius 3 is 2.33 bits per heavy atom. The molecule has 0 aromatic rings. The Morgan fingerprint density at radius 1 is 1.42 bits per heavy atom. The van der Waals surface area contributed by atoms with E-state index in [9.17, 15) is 4.39 Å². The molecule has 0 amide bonds. The van der Waals surface area contributed by atoms with Gasteiger partial charge in [-0.05, 0) is 39.5 Å². The molecule has 12 heavy (non-hydrogen) atoms. The molecular weight excluding hydrogens is 153 g/mol. The second-order valence-electron chi connectivity index (χ2n) is 4.84. The van der Waals surface area contributed by atoms with Gasteiger partial charge in [0.05, 0.1) is 0 Å². The SMILES string of the molecule is CC(C)(C)NCC(F)C1CCC1. The molecule has 1 aliphatic carbocycles. The summed E-state index contributed by atoms with van der Waals surface area (Å²) in [6, 6.07) is 0. The average molecular weight is 173 g/mol. The van der Waals surface area contributed by atoms with Crippen LogP contribution in [0.1, 0.15) is 40.0 Å². The minimum absolute atomic E-state index is 0.0497. The first-order valence-electron chi connectivity index (χ1n) is 4.88. The highest BCUT2D eigenvalue weighted by Crippen LogP contribution is 2.31. The normalized spacial score (nSPS) is 22.0. The van der Waals surface area contributed by atoms with Crippen molar-refractivity contribution in [1.82, 2.24) is 5.32 Å². The van der Waals surface area contributed by atoms with E-state index >= 15 is 0 Å². The van der Waals surface area contributed by atoms with Crippen LogP contribution in [0, 0.1) is 5.92 Å². The van der Waals surface area contributed by atoms with Crippen LogP contribution in [-0.4, -0.2) is 18.3 Å². The van der Waals surface area contributed by atoms with Gasteiger partial charge in [-0.25, -0.2) is 4.39 Å². The molecule has 0 aliphatic heterocycles. The third kappa shape index (κ3) is 3.10. The van der Waals surface area contributed by atoms with E-state index in [2.05, 4.69) is 26.1 Å². The maximum Gasteiger partial charge on any atom is 0.115 e. The minimum atomic E-state index is -0.627. The Kier molecular flexibility index (Phi) is 3.10. The van der Waals surface area contributed by atoms with Gasteiger partial charge in [0.2, 0.25) is 0 Å². The van der Waals surface area contributed by atoms with Gasteiger partial charge in [0.25, 0.3) is 0 Å². The second-order valence-corrected chi connectivity index (χ2v) is 4.84. The fourth-order valence-electron chi connectivity index (χ4n) is 1.37. The third-order valence-electron chi connectivity index (χ3n) is 2.49.